The number of aliphatic hydroxyl groups is 1. The Morgan fingerprint density at radius 3 is 2.94 bits per heavy atom. The molecule has 1 rings (SSSR count). The van der Waals surface area contributed by atoms with Crippen molar-refractivity contribution < 1.29 is 19.6 Å². The monoisotopic (exact) mass is 243 g/mol. The predicted octanol–water partition coefficient (Wildman–Crippen LogP) is -0.340. The third-order valence-electron chi connectivity index (χ3n) is 2.05. The number of aliphatic hydroxyl groups excluding tert-OH is 1. The number of amides is 1. The zero-order valence-corrected chi connectivity index (χ0v) is 9.17. The lowest BCUT2D eigenvalue weighted by Crippen LogP contribution is -2.40. The minimum Gasteiger partial charge on any atom is -0.394 e. The van der Waals surface area contributed by atoms with E-state index in [0.717, 1.165) is 12.3 Å². The van der Waals surface area contributed by atoms with E-state index in [0.29, 0.717) is 0 Å². The van der Waals surface area contributed by atoms with Crippen LogP contribution < -0.4 is 5.32 Å². The van der Waals surface area contributed by atoms with E-state index in [1.54, 1.807) is 0 Å². The summed E-state index contributed by atoms with van der Waals surface area (Å²) >= 11 is 0. The maximum absolute atomic E-state index is 11.6. The predicted molar refractivity (Wildman–Crippen MR) is 57.7 cm³/mol. The number of carbonyl (C=O) groups is 1. The van der Waals surface area contributed by atoms with Crippen molar-refractivity contribution >= 4 is 11.6 Å². The quantitative estimate of drug-likeness (QED) is 0.466. The second-order valence-electron chi connectivity index (χ2n) is 3.34. The Morgan fingerprint density at radius 2 is 2.47 bits per heavy atom. The molecule has 0 saturated carbocycles. The molecule has 0 fully saturated rings. The van der Waals surface area contributed by atoms with E-state index in [2.05, 4.69) is 10.3 Å². The van der Waals surface area contributed by atoms with Crippen LogP contribution in [-0.2, 0) is 4.74 Å². The molecule has 0 saturated heterocycles. The molecular formula is C9H13N3O5. The fraction of sp³-hybridized carbons (Fsp3) is 0.444. The molecule has 0 aliphatic rings. The van der Waals surface area contributed by atoms with Gasteiger partial charge in [-0.1, -0.05) is 0 Å². The van der Waals surface area contributed by atoms with Crippen molar-refractivity contribution in [2.24, 2.45) is 0 Å². The second-order valence-corrected chi connectivity index (χ2v) is 3.34. The molecule has 0 aliphatic heterocycles. The van der Waals surface area contributed by atoms with Gasteiger partial charge < -0.3 is 20.1 Å². The van der Waals surface area contributed by atoms with Gasteiger partial charge in [-0.15, -0.1) is 0 Å². The summed E-state index contributed by atoms with van der Waals surface area (Å²) in [6, 6.07) is 0.575. The number of nitro groups is 1. The van der Waals surface area contributed by atoms with E-state index in [9.17, 15) is 14.9 Å². The van der Waals surface area contributed by atoms with E-state index in [1.807, 2.05) is 0 Å². The van der Waals surface area contributed by atoms with Gasteiger partial charge in [0.15, 0.2) is 0 Å². The Bertz CT molecular complexity index is 403. The normalized spacial score (nSPS) is 12.1. The van der Waals surface area contributed by atoms with Gasteiger partial charge in [-0.3, -0.25) is 14.9 Å². The Labute approximate surface area is 96.7 Å². The molecule has 1 aromatic heterocycles. The van der Waals surface area contributed by atoms with Crippen LogP contribution in [0.15, 0.2) is 12.3 Å². The summed E-state index contributed by atoms with van der Waals surface area (Å²) in [6.07, 6.45) is 1.12. The topological polar surface area (TPSA) is 117 Å². The zero-order chi connectivity index (χ0) is 12.8. The molecule has 1 aromatic rings. The van der Waals surface area contributed by atoms with Gasteiger partial charge in [0.25, 0.3) is 11.6 Å². The first-order chi connectivity index (χ1) is 8.08. The van der Waals surface area contributed by atoms with Crippen LogP contribution in [0.25, 0.3) is 0 Å². The number of carbonyl (C=O) groups excluding carboxylic acids is 1. The summed E-state index contributed by atoms with van der Waals surface area (Å²) < 4.78 is 4.78. The Balaban J connectivity index is 2.65. The van der Waals surface area contributed by atoms with Crippen molar-refractivity contribution in [3.05, 3.63) is 28.1 Å². The van der Waals surface area contributed by atoms with Crippen LogP contribution >= 0.6 is 0 Å². The van der Waals surface area contributed by atoms with Crippen LogP contribution in [0.1, 0.15) is 10.5 Å². The van der Waals surface area contributed by atoms with Gasteiger partial charge in [-0.2, -0.15) is 0 Å². The lowest BCUT2D eigenvalue weighted by molar-refractivity contribution is -0.384. The molecule has 0 aliphatic carbocycles. The molecule has 0 bridgehead atoms. The summed E-state index contributed by atoms with van der Waals surface area (Å²) in [7, 11) is 1.44. The van der Waals surface area contributed by atoms with Crippen LogP contribution in [0.4, 0.5) is 5.69 Å². The van der Waals surface area contributed by atoms with E-state index >= 15 is 0 Å². The summed E-state index contributed by atoms with van der Waals surface area (Å²) in [6.45, 7) is -0.118. The van der Waals surface area contributed by atoms with Crippen LogP contribution in [0, 0.1) is 10.1 Å². The van der Waals surface area contributed by atoms with Gasteiger partial charge in [-0.25, -0.2) is 0 Å². The van der Waals surface area contributed by atoms with E-state index < -0.39 is 16.9 Å². The number of ether oxygens (including phenoxy) is 1. The Morgan fingerprint density at radius 1 is 1.76 bits per heavy atom. The molecule has 0 radical (unpaired) electrons. The Kier molecular flexibility index (Phi) is 4.61. The van der Waals surface area contributed by atoms with Crippen LogP contribution in [-0.4, -0.2) is 47.3 Å². The first-order valence-electron chi connectivity index (χ1n) is 4.82. The third kappa shape index (κ3) is 3.54. The van der Waals surface area contributed by atoms with E-state index in [-0.39, 0.29) is 24.6 Å². The van der Waals surface area contributed by atoms with Gasteiger partial charge in [0.1, 0.15) is 5.69 Å². The number of hydrogen-bond acceptors (Lipinski definition) is 5. The number of methoxy groups -OCH3 is 1. The Hall–Kier alpha value is -1.93. The summed E-state index contributed by atoms with van der Waals surface area (Å²) in [5.41, 5.74) is -0.131. The lowest BCUT2D eigenvalue weighted by atomic mass is 10.3. The minimum atomic E-state index is -0.605. The van der Waals surface area contributed by atoms with E-state index in [1.165, 1.54) is 7.11 Å². The maximum Gasteiger partial charge on any atom is 0.287 e. The van der Waals surface area contributed by atoms with Crippen molar-refractivity contribution in [3.8, 4) is 0 Å². The van der Waals surface area contributed by atoms with Crippen molar-refractivity contribution in [1.82, 2.24) is 10.3 Å². The van der Waals surface area contributed by atoms with E-state index in [4.69, 9.17) is 9.84 Å². The summed E-state index contributed by atoms with van der Waals surface area (Å²) in [5.74, 6) is -0.533. The molecular weight excluding hydrogens is 230 g/mol. The highest BCUT2D eigenvalue weighted by atomic mass is 16.6. The van der Waals surface area contributed by atoms with Crippen molar-refractivity contribution in [2.45, 2.75) is 6.04 Å². The second kappa shape index (κ2) is 5.97. The van der Waals surface area contributed by atoms with Gasteiger partial charge >= 0.3 is 0 Å². The SMILES string of the molecule is COCC(CO)NC(=O)c1cc([N+](=O)[O-])c[nH]1. The fourth-order valence-electron chi connectivity index (χ4n) is 1.22. The summed E-state index contributed by atoms with van der Waals surface area (Å²) in [4.78, 5) is 23.9. The number of aromatic amines is 1. The zero-order valence-electron chi connectivity index (χ0n) is 9.17. The highest BCUT2D eigenvalue weighted by molar-refractivity contribution is 5.93. The number of H-pyrrole nitrogens is 1. The van der Waals surface area contributed by atoms with Crippen molar-refractivity contribution in [2.75, 3.05) is 20.3 Å². The average Bonchev–Trinajstić information content (AvgIpc) is 2.77. The standard InChI is InChI=1S/C9H13N3O5/c1-17-5-6(4-13)11-9(14)8-2-7(3-10-8)12(15)16/h2-3,6,10,13H,4-5H2,1H3,(H,11,14). The van der Waals surface area contributed by atoms with Gasteiger partial charge in [-0.05, 0) is 0 Å². The molecule has 0 aromatic carbocycles. The first kappa shape index (κ1) is 13.1. The highest BCUT2D eigenvalue weighted by Gasteiger charge is 2.17. The fourth-order valence-corrected chi connectivity index (χ4v) is 1.22. The molecule has 17 heavy (non-hydrogen) atoms. The third-order valence-corrected chi connectivity index (χ3v) is 2.05. The summed E-state index contributed by atoms with van der Waals surface area (Å²) in [5, 5.41) is 21.8. The van der Waals surface area contributed by atoms with Gasteiger partial charge in [0.05, 0.1) is 30.4 Å². The van der Waals surface area contributed by atoms with Gasteiger partial charge in [0, 0.05) is 13.2 Å². The molecule has 3 N–H and O–H groups in total. The molecule has 8 nitrogen and oxygen atoms in total. The first-order valence-corrected chi connectivity index (χ1v) is 4.82. The average molecular weight is 243 g/mol. The van der Waals surface area contributed by atoms with Crippen molar-refractivity contribution in [3.63, 3.8) is 0 Å². The lowest BCUT2D eigenvalue weighted by Gasteiger charge is -2.14. The number of nitrogens with zero attached hydrogens (tertiary/aromatic N) is 1. The largest absolute Gasteiger partial charge is 0.394 e. The molecule has 94 valence electrons. The minimum absolute atomic E-state index is 0.0613. The molecule has 1 unspecified atom stereocenters. The number of hydrogen-bond donors (Lipinski definition) is 3. The van der Waals surface area contributed by atoms with Crippen LogP contribution in [0.2, 0.25) is 0 Å². The smallest absolute Gasteiger partial charge is 0.287 e. The maximum atomic E-state index is 11.6. The van der Waals surface area contributed by atoms with Crippen LogP contribution in [0.3, 0.4) is 0 Å². The molecule has 0 spiro atoms. The van der Waals surface area contributed by atoms with Crippen LogP contribution in [0.5, 0.6) is 0 Å². The highest BCUT2D eigenvalue weighted by Crippen LogP contribution is 2.11. The molecule has 1 atom stereocenters. The molecule has 1 amide bonds. The molecule has 8 heteroatoms. The molecule has 1 heterocycles. The van der Waals surface area contributed by atoms with Gasteiger partial charge in [0.2, 0.25) is 0 Å². The van der Waals surface area contributed by atoms with Crippen molar-refractivity contribution in [1.29, 1.82) is 0 Å². The number of aromatic nitrogens is 1. The number of rotatable bonds is 6. The number of nitrogens with one attached hydrogen (secondary N) is 2.